The van der Waals surface area contributed by atoms with Gasteiger partial charge in [0.05, 0.1) is 6.10 Å². The highest BCUT2D eigenvalue weighted by Gasteiger charge is 2.24. The molecule has 82 valence electrons. The van der Waals surface area contributed by atoms with Crippen molar-refractivity contribution < 1.29 is 9.90 Å². The van der Waals surface area contributed by atoms with Crippen molar-refractivity contribution in [3.63, 3.8) is 0 Å². The smallest absolute Gasteiger partial charge is 0.165 e. The Bertz CT molecular complexity index is 322. The lowest BCUT2D eigenvalue weighted by Gasteiger charge is -2.25. The maximum absolute atomic E-state index is 11.7. The van der Waals surface area contributed by atoms with Gasteiger partial charge in [0.2, 0.25) is 0 Å². The number of hydrogen-bond acceptors (Lipinski definition) is 2. The molecule has 1 atom stereocenters. The minimum atomic E-state index is -0.592. The van der Waals surface area contributed by atoms with E-state index in [-0.39, 0.29) is 17.6 Å². The van der Waals surface area contributed by atoms with Crippen molar-refractivity contribution in [3.05, 3.63) is 35.9 Å². The van der Waals surface area contributed by atoms with Crippen LogP contribution in [0.2, 0.25) is 0 Å². The van der Waals surface area contributed by atoms with Gasteiger partial charge in [-0.3, -0.25) is 4.79 Å². The van der Waals surface area contributed by atoms with Crippen LogP contribution in [0.5, 0.6) is 0 Å². The molecule has 0 saturated carbocycles. The van der Waals surface area contributed by atoms with E-state index in [0.29, 0.717) is 5.56 Å². The molecule has 0 spiro atoms. The standard InChI is InChI=1S/C13H18O2/c1-13(2,3)12(15)9-11(14)10-7-5-4-6-8-10/h4-8,12,15H,9H2,1-3H3/t12-/m1/s1. The number of aliphatic hydroxyl groups excluding tert-OH is 1. The average molecular weight is 206 g/mol. The maximum atomic E-state index is 11.7. The first kappa shape index (κ1) is 11.9. The van der Waals surface area contributed by atoms with Crippen molar-refractivity contribution in [3.8, 4) is 0 Å². The number of Topliss-reactive ketones (excluding diaryl/α,β-unsaturated/α-hetero) is 1. The summed E-state index contributed by atoms with van der Waals surface area (Å²) in [6, 6.07) is 9.08. The van der Waals surface area contributed by atoms with Crippen LogP contribution < -0.4 is 0 Å². The molecular formula is C13H18O2. The van der Waals surface area contributed by atoms with E-state index < -0.39 is 6.10 Å². The number of aliphatic hydroxyl groups is 1. The Morgan fingerprint density at radius 2 is 1.80 bits per heavy atom. The molecule has 0 aliphatic heterocycles. The fourth-order valence-corrected chi connectivity index (χ4v) is 1.22. The van der Waals surface area contributed by atoms with E-state index in [1.165, 1.54) is 0 Å². The van der Waals surface area contributed by atoms with Crippen LogP contribution in [0, 0.1) is 5.41 Å². The third kappa shape index (κ3) is 3.48. The van der Waals surface area contributed by atoms with Gasteiger partial charge in [0.15, 0.2) is 5.78 Å². The molecule has 1 rings (SSSR count). The van der Waals surface area contributed by atoms with Crippen molar-refractivity contribution >= 4 is 5.78 Å². The molecule has 1 aromatic carbocycles. The van der Waals surface area contributed by atoms with Crippen molar-refractivity contribution in [2.24, 2.45) is 5.41 Å². The topological polar surface area (TPSA) is 37.3 Å². The van der Waals surface area contributed by atoms with Crippen LogP contribution in [0.3, 0.4) is 0 Å². The van der Waals surface area contributed by atoms with Crippen LogP contribution in [-0.4, -0.2) is 17.0 Å². The highest BCUT2D eigenvalue weighted by Crippen LogP contribution is 2.22. The zero-order valence-electron chi connectivity index (χ0n) is 9.53. The maximum Gasteiger partial charge on any atom is 0.165 e. The molecule has 0 unspecified atom stereocenters. The van der Waals surface area contributed by atoms with Crippen molar-refractivity contribution in [2.45, 2.75) is 33.3 Å². The molecule has 0 radical (unpaired) electrons. The fourth-order valence-electron chi connectivity index (χ4n) is 1.22. The summed E-state index contributed by atoms with van der Waals surface area (Å²) >= 11 is 0. The van der Waals surface area contributed by atoms with Gasteiger partial charge in [0, 0.05) is 12.0 Å². The molecule has 0 amide bonds. The van der Waals surface area contributed by atoms with Gasteiger partial charge in [-0.2, -0.15) is 0 Å². The molecule has 0 aliphatic rings. The van der Waals surface area contributed by atoms with E-state index in [9.17, 15) is 9.90 Å². The van der Waals surface area contributed by atoms with Gasteiger partial charge < -0.3 is 5.11 Å². The van der Waals surface area contributed by atoms with Crippen LogP contribution >= 0.6 is 0 Å². The minimum Gasteiger partial charge on any atom is -0.392 e. The lowest BCUT2D eigenvalue weighted by molar-refractivity contribution is 0.0494. The zero-order valence-corrected chi connectivity index (χ0v) is 9.53. The summed E-state index contributed by atoms with van der Waals surface area (Å²) in [5, 5.41) is 9.80. The van der Waals surface area contributed by atoms with Gasteiger partial charge in [0.1, 0.15) is 0 Å². The second-order valence-corrected chi connectivity index (χ2v) is 4.88. The van der Waals surface area contributed by atoms with E-state index in [0.717, 1.165) is 0 Å². The lowest BCUT2D eigenvalue weighted by atomic mass is 9.85. The molecule has 0 heterocycles. The Hall–Kier alpha value is -1.15. The van der Waals surface area contributed by atoms with Crippen LogP contribution in [0.25, 0.3) is 0 Å². The quantitative estimate of drug-likeness (QED) is 0.772. The summed E-state index contributed by atoms with van der Waals surface area (Å²) in [6.45, 7) is 5.78. The summed E-state index contributed by atoms with van der Waals surface area (Å²) in [5.41, 5.74) is 0.422. The number of rotatable bonds is 3. The van der Waals surface area contributed by atoms with E-state index in [4.69, 9.17) is 0 Å². The van der Waals surface area contributed by atoms with Gasteiger partial charge in [-0.1, -0.05) is 51.1 Å². The van der Waals surface area contributed by atoms with Gasteiger partial charge in [-0.15, -0.1) is 0 Å². The monoisotopic (exact) mass is 206 g/mol. The molecule has 15 heavy (non-hydrogen) atoms. The van der Waals surface area contributed by atoms with Gasteiger partial charge in [0.25, 0.3) is 0 Å². The molecule has 0 aliphatic carbocycles. The molecule has 2 nitrogen and oxygen atoms in total. The number of carbonyl (C=O) groups excluding carboxylic acids is 1. The number of benzene rings is 1. The Morgan fingerprint density at radius 1 is 1.27 bits per heavy atom. The summed E-state index contributed by atoms with van der Waals surface area (Å²) < 4.78 is 0. The molecule has 0 saturated heterocycles. The second kappa shape index (κ2) is 4.58. The highest BCUT2D eigenvalue weighted by molar-refractivity contribution is 5.96. The Balaban J connectivity index is 2.65. The zero-order chi connectivity index (χ0) is 11.5. The molecule has 0 fully saturated rings. The molecule has 1 aromatic rings. The normalized spacial score (nSPS) is 13.6. The Morgan fingerprint density at radius 3 is 2.27 bits per heavy atom. The average Bonchev–Trinajstić information content (AvgIpc) is 2.17. The molecule has 0 aromatic heterocycles. The van der Waals surface area contributed by atoms with Gasteiger partial charge >= 0.3 is 0 Å². The van der Waals surface area contributed by atoms with E-state index in [2.05, 4.69) is 0 Å². The van der Waals surface area contributed by atoms with E-state index >= 15 is 0 Å². The van der Waals surface area contributed by atoms with Crippen LogP contribution in [0.4, 0.5) is 0 Å². The number of hydrogen-bond donors (Lipinski definition) is 1. The minimum absolute atomic E-state index is 0.00183. The van der Waals surface area contributed by atoms with E-state index in [1.54, 1.807) is 12.1 Å². The summed E-state index contributed by atoms with van der Waals surface area (Å²) in [7, 11) is 0. The van der Waals surface area contributed by atoms with Crippen molar-refractivity contribution in [2.75, 3.05) is 0 Å². The second-order valence-electron chi connectivity index (χ2n) is 4.88. The van der Waals surface area contributed by atoms with Crippen LogP contribution in [0.15, 0.2) is 30.3 Å². The predicted molar refractivity (Wildman–Crippen MR) is 60.9 cm³/mol. The first-order valence-corrected chi connectivity index (χ1v) is 5.17. The predicted octanol–water partition coefficient (Wildman–Crippen LogP) is 2.67. The highest BCUT2D eigenvalue weighted by atomic mass is 16.3. The summed E-state index contributed by atoms with van der Waals surface area (Å²) in [4.78, 5) is 11.7. The molecule has 1 N–H and O–H groups in total. The first-order chi connectivity index (χ1) is 6.91. The van der Waals surface area contributed by atoms with Gasteiger partial charge in [-0.25, -0.2) is 0 Å². The van der Waals surface area contributed by atoms with Crippen LogP contribution in [-0.2, 0) is 0 Å². The largest absolute Gasteiger partial charge is 0.392 e. The third-order valence-corrected chi connectivity index (χ3v) is 2.47. The number of carbonyl (C=O) groups is 1. The first-order valence-electron chi connectivity index (χ1n) is 5.17. The molecule has 2 heteroatoms. The van der Waals surface area contributed by atoms with Gasteiger partial charge in [-0.05, 0) is 5.41 Å². The summed E-state index contributed by atoms with van der Waals surface area (Å²) in [5.74, 6) is -0.00183. The Kier molecular flexibility index (Phi) is 3.64. The molecule has 0 bridgehead atoms. The van der Waals surface area contributed by atoms with Crippen LogP contribution in [0.1, 0.15) is 37.6 Å². The van der Waals surface area contributed by atoms with Crippen molar-refractivity contribution in [1.29, 1.82) is 0 Å². The molecular weight excluding hydrogens is 188 g/mol. The Labute approximate surface area is 90.9 Å². The van der Waals surface area contributed by atoms with Crippen molar-refractivity contribution in [1.82, 2.24) is 0 Å². The SMILES string of the molecule is CC(C)(C)[C@H](O)CC(=O)c1ccccc1. The third-order valence-electron chi connectivity index (χ3n) is 2.47. The van der Waals surface area contributed by atoms with E-state index in [1.807, 2.05) is 39.0 Å². The number of ketones is 1. The summed E-state index contributed by atoms with van der Waals surface area (Å²) in [6.07, 6.45) is -0.404. The fraction of sp³-hybridized carbons (Fsp3) is 0.462. The lowest BCUT2D eigenvalue weighted by Crippen LogP contribution is -2.28.